The molecule has 1 aromatic rings. The summed E-state index contributed by atoms with van der Waals surface area (Å²) in [4.78, 5) is 16.7. The third-order valence-electron chi connectivity index (χ3n) is 2.45. The highest BCUT2D eigenvalue weighted by Gasteiger charge is 2.21. The van der Waals surface area contributed by atoms with Gasteiger partial charge in [0.1, 0.15) is 11.8 Å². The fraction of sp³-hybridized carbons (Fsp3) is 0.600. The highest BCUT2D eigenvalue weighted by atomic mass is 16.4. The molecule has 0 aromatic carbocycles. The summed E-state index contributed by atoms with van der Waals surface area (Å²) in [7, 11) is 1.77. The molecule has 0 bridgehead atoms. The van der Waals surface area contributed by atoms with Crippen LogP contribution >= 0.6 is 0 Å². The minimum atomic E-state index is -0.804. The first-order valence-corrected chi connectivity index (χ1v) is 4.88. The lowest BCUT2D eigenvalue weighted by molar-refractivity contribution is -0.143. The molecule has 0 spiro atoms. The first-order valence-electron chi connectivity index (χ1n) is 4.88. The number of hydrogen-bond donors (Lipinski definition) is 1. The van der Waals surface area contributed by atoms with Crippen molar-refractivity contribution in [3.05, 3.63) is 17.8 Å². The van der Waals surface area contributed by atoms with E-state index in [9.17, 15) is 4.79 Å². The Balaban J connectivity index is 2.66. The molecule has 1 unspecified atom stereocenters. The Morgan fingerprint density at radius 3 is 2.80 bits per heavy atom. The summed E-state index contributed by atoms with van der Waals surface area (Å²) >= 11 is 0. The lowest BCUT2D eigenvalue weighted by Gasteiger charge is -2.22. The summed E-state index contributed by atoms with van der Waals surface area (Å²) in [5.41, 5.74) is 0.789. The maximum atomic E-state index is 10.9. The average Bonchev–Trinajstić information content (AvgIpc) is 2.52. The zero-order chi connectivity index (χ0) is 11.4. The molecule has 0 amide bonds. The van der Waals surface area contributed by atoms with Crippen molar-refractivity contribution in [3.8, 4) is 0 Å². The van der Waals surface area contributed by atoms with Gasteiger partial charge in [-0.15, -0.1) is 0 Å². The van der Waals surface area contributed by atoms with Gasteiger partial charge in [-0.05, 0) is 20.4 Å². The van der Waals surface area contributed by atoms with E-state index in [2.05, 4.69) is 4.98 Å². The Labute approximate surface area is 88.7 Å². The number of likely N-dealkylation sites (N-methyl/N-ethyl adjacent to an activating group) is 1. The lowest BCUT2D eigenvalue weighted by atomic mass is 10.2. The van der Waals surface area contributed by atoms with Crippen LogP contribution in [0.2, 0.25) is 0 Å². The quantitative estimate of drug-likeness (QED) is 0.796. The van der Waals surface area contributed by atoms with Crippen LogP contribution in [0.1, 0.15) is 24.8 Å². The maximum Gasteiger partial charge on any atom is 0.320 e. The molecular weight excluding hydrogens is 196 g/mol. The standard InChI is InChI=1S/C10H16N2O3/c1-4-9(10(13)14)12(3)5-8-7(2)15-6-11-8/h6,9H,4-5H2,1-3H3,(H,13,14). The maximum absolute atomic E-state index is 10.9. The van der Waals surface area contributed by atoms with Gasteiger partial charge in [-0.1, -0.05) is 6.92 Å². The average molecular weight is 212 g/mol. The van der Waals surface area contributed by atoms with Crippen LogP contribution in [-0.4, -0.2) is 34.0 Å². The minimum absolute atomic E-state index is 0.471. The molecule has 0 aliphatic rings. The molecule has 1 aromatic heterocycles. The van der Waals surface area contributed by atoms with Crippen molar-refractivity contribution in [2.45, 2.75) is 32.9 Å². The Morgan fingerprint density at radius 2 is 2.40 bits per heavy atom. The van der Waals surface area contributed by atoms with Gasteiger partial charge in [0.05, 0.1) is 5.69 Å². The van der Waals surface area contributed by atoms with Gasteiger partial charge in [-0.25, -0.2) is 4.98 Å². The summed E-state index contributed by atoms with van der Waals surface area (Å²) < 4.78 is 5.05. The van der Waals surface area contributed by atoms with Crippen LogP contribution < -0.4 is 0 Å². The fourth-order valence-electron chi connectivity index (χ4n) is 1.50. The van der Waals surface area contributed by atoms with Gasteiger partial charge in [0.25, 0.3) is 0 Å². The monoisotopic (exact) mass is 212 g/mol. The van der Waals surface area contributed by atoms with Gasteiger partial charge in [0.15, 0.2) is 6.39 Å². The first-order chi connectivity index (χ1) is 7.06. The van der Waals surface area contributed by atoms with E-state index in [1.165, 1.54) is 6.39 Å². The first kappa shape index (κ1) is 11.7. The minimum Gasteiger partial charge on any atom is -0.480 e. The van der Waals surface area contributed by atoms with Crippen molar-refractivity contribution >= 4 is 5.97 Å². The number of rotatable bonds is 5. The van der Waals surface area contributed by atoms with Crippen LogP contribution in [0.3, 0.4) is 0 Å². The summed E-state index contributed by atoms with van der Waals surface area (Å²) in [5, 5.41) is 8.96. The zero-order valence-corrected chi connectivity index (χ0v) is 9.23. The highest BCUT2D eigenvalue weighted by Crippen LogP contribution is 2.11. The van der Waals surface area contributed by atoms with Crippen molar-refractivity contribution in [2.24, 2.45) is 0 Å². The van der Waals surface area contributed by atoms with E-state index in [1.54, 1.807) is 11.9 Å². The Hall–Kier alpha value is -1.36. The topological polar surface area (TPSA) is 66.6 Å². The molecule has 0 saturated carbocycles. The van der Waals surface area contributed by atoms with E-state index in [1.807, 2.05) is 13.8 Å². The van der Waals surface area contributed by atoms with E-state index < -0.39 is 12.0 Å². The summed E-state index contributed by atoms with van der Waals surface area (Å²) in [6.45, 7) is 4.16. The van der Waals surface area contributed by atoms with Crippen LogP contribution in [0.4, 0.5) is 0 Å². The summed E-state index contributed by atoms with van der Waals surface area (Å²) in [6.07, 6.45) is 1.95. The number of carbonyl (C=O) groups is 1. The van der Waals surface area contributed by atoms with Gasteiger partial charge < -0.3 is 9.52 Å². The van der Waals surface area contributed by atoms with Crippen molar-refractivity contribution < 1.29 is 14.3 Å². The van der Waals surface area contributed by atoms with Crippen molar-refractivity contribution in [3.63, 3.8) is 0 Å². The molecule has 5 nitrogen and oxygen atoms in total. The normalized spacial score (nSPS) is 13.1. The molecule has 0 aliphatic carbocycles. The second-order valence-electron chi connectivity index (χ2n) is 3.53. The molecule has 1 atom stereocenters. The van der Waals surface area contributed by atoms with Gasteiger partial charge in [-0.2, -0.15) is 0 Å². The largest absolute Gasteiger partial charge is 0.480 e. The predicted molar refractivity (Wildman–Crippen MR) is 54.4 cm³/mol. The smallest absolute Gasteiger partial charge is 0.320 e. The van der Waals surface area contributed by atoms with E-state index in [0.29, 0.717) is 13.0 Å². The SMILES string of the molecule is CCC(C(=O)O)N(C)Cc1ncoc1C. The Bertz CT molecular complexity index is 335. The number of hydrogen-bond acceptors (Lipinski definition) is 4. The van der Waals surface area contributed by atoms with Crippen molar-refractivity contribution in [1.82, 2.24) is 9.88 Å². The van der Waals surface area contributed by atoms with Gasteiger partial charge in [0, 0.05) is 6.54 Å². The van der Waals surface area contributed by atoms with Gasteiger partial charge in [-0.3, -0.25) is 9.69 Å². The third kappa shape index (κ3) is 2.79. The fourth-order valence-corrected chi connectivity index (χ4v) is 1.50. The Morgan fingerprint density at radius 1 is 1.73 bits per heavy atom. The zero-order valence-electron chi connectivity index (χ0n) is 9.23. The molecule has 0 fully saturated rings. The number of nitrogens with zero attached hydrogens (tertiary/aromatic N) is 2. The van der Waals surface area contributed by atoms with Crippen LogP contribution in [0.15, 0.2) is 10.8 Å². The second kappa shape index (κ2) is 4.93. The number of aliphatic carboxylic acids is 1. The van der Waals surface area contributed by atoms with E-state index >= 15 is 0 Å². The molecule has 0 radical (unpaired) electrons. The van der Waals surface area contributed by atoms with Crippen molar-refractivity contribution in [1.29, 1.82) is 0 Å². The summed E-state index contributed by atoms with van der Waals surface area (Å²) in [5.74, 6) is -0.0664. The molecule has 1 N–H and O–H groups in total. The van der Waals surface area contributed by atoms with E-state index in [-0.39, 0.29) is 0 Å². The molecular formula is C10H16N2O3. The Kier molecular flexibility index (Phi) is 3.85. The van der Waals surface area contributed by atoms with Crippen LogP contribution in [0.25, 0.3) is 0 Å². The number of carboxylic acids is 1. The van der Waals surface area contributed by atoms with Crippen LogP contribution in [-0.2, 0) is 11.3 Å². The molecule has 15 heavy (non-hydrogen) atoms. The number of oxazole rings is 1. The van der Waals surface area contributed by atoms with Crippen molar-refractivity contribution in [2.75, 3.05) is 7.05 Å². The number of aromatic nitrogens is 1. The molecule has 1 heterocycles. The molecule has 0 saturated heterocycles. The molecule has 5 heteroatoms. The molecule has 1 rings (SSSR count). The van der Waals surface area contributed by atoms with Gasteiger partial charge in [0.2, 0.25) is 0 Å². The molecule has 0 aliphatic heterocycles. The molecule has 84 valence electrons. The van der Waals surface area contributed by atoms with Crippen LogP contribution in [0, 0.1) is 6.92 Å². The highest BCUT2D eigenvalue weighted by molar-refractivity contribution is 5.73. The lowest BCUT2D eigenvalue weighted by Crippen LogP contribution is -2.37. The third-order valence-corrected chi connectivity index (χ3v) is 2.45. The predicted octanol–water partition coefficient (Wildman–Crippen LogP) is 1.28. The van der Waals surface area contributed by atoms with E-state index in [4.69, 9.17) is 9.52 Å². The number of carboxylic acid groups (broad SMARTS) is 1. The number of aryl methyl sites for hydroxylation is 1. The summed E-state index contributed by atoms with van der Waals surface area (Å²) in [6, 6.07) is -0.471. The van der Waals surface area contributed by atoms with Gasteiger partial charge >= 0.3 is 5.97 Å². The second-order valence-corrected chi connectivity index (χ2v) is 3.53. The van der Waals surface area contributed by atoms with Crippen LogP contribution in [0.5, 0.6) is 0 Å². The van der Waals surface area contributed by atoms with E-state index in [0.717, 1.165) is 11.5 Å².